The highest BCUT2D eigenvalue weighted by atomic mass is 16.5. The fraction of sp³-hybridized carbons (Fsp3) is 0.429. The summed E-state index contributed by atoms with van der Waals surface area (Å²) in [4.78, 5) is 22.5. The van der Waals surface area contributed by atoms with E-state index in [1.54, 1.807) is 0 Å². The van der Waals surface area contributed by atoms with Crippen LogP contribution in [0.15, 0.2) is 18.2 Å². The van der Waals surface area contributed by atoms with E-state index in [0.29, 0.717) is 19.3 Å². The Morgan fingerprint density at radius 1 is 1.17 bits per heavy atom. The van der Waals surface area contributed by atoms with Gasteiger partial charge in [0.1, 0.15) is 17.6 Å². The third-order valence-corrected chi connectivity index (χ3v) is 3.48. The van der Waals surface area contributed by atoms with E-state index >= 15 is 0 Å². The van der Waals surface area contributed by atoms with E-state index in [2.05, 4.69) is 5.32 Å². The molecule has 1 aromatic rings. The van der Waals surface area contributed by atoms with Crippen molar-refractivity contribution in [2.24, 2.45) is 0 Å². The molecule has 1 aliphatic heterocycles. The number of hydrogen-bond donors (Lipinski definition) is 1. The van der Waals surface area contributed by atoms with Crippen LogP contribution in [0.3, 0.4) is 0 Å². The molecule has 0 bridgehead atoms. The molecule has 94 valence electrons. The average Bonchev–Trinajstić information content (AvgIpc) is 2.74. The highest BCUT2D eigenvalue weighted by molar-refractivity contribution is 5.94. The van der Waals surface area contributed by atoms with Crippen molar-refractivity contribution in [3.05, 3.63) is 23.8 Å². The Bertz CT molecular complexity index is 510. The first kappa shape index (κ1) is 11.3. The average molecular weight is 245 g/mol. The van der Waals surface area contributed by atoms with Gasteiger partial charge in [-0.3, -0.25) is 9.59 Å². The second-order valence-corrected chi connectivity index (χ2v) is 4.89. The Labute approximate surface area is 105 Å². The third-order valence-electron chi connectivity index (χ3n) is 3.48. The van der Waals surface area contributed by atoms with Gasteiger partial charge in [0, 0.05) is 31.0 Å². The number of hydrogen-bond acceptors (Lipinski definition) is 3. The predicted molar refractivity (Wildman–Crippen MR) is 66.7 cm³/mol. The smallest absolute Gasteiger partial charge is 0.224 e. The molecule has 0 spiro atoms. The molecule has 1 atom stereocenters. The van der Waals surface area contributed by atoms with Gasteiger partial charge in [-0.2, -0.15) is 0 Å². The molecule has 1 unspecified atom stereocenters. The lowest BCUT2D eigenvalue weighted by molar-refractivity contribution is -0.118. The largest absolute Gasteiger partial charge is 0.490 e. The zero-order valence-corrected chi connectivity index (χ0v) is 10.1. The molecule has 1 N–H and O–H groups in total. The van der Waals surface area contributed by atoms with Gasteiger partial charge >= 0.3 is 0 Å². The number of fused-ring (bicyclic) bond motifs is 1. The minimum absolute atomic E-state index is 0.00478. The van der Waals surface area contributed by atoms with Crippen LogP contribution in [0.1, 0.15) is 31.2 Å². The predicted octanol–water partition coefficient (Wildman–Crippen LogP) is 2.07. The van der Waals surface area contributed by atoms with Crippen molar-refractivity contribution in [3.63, 3.8) is 0 Å². The zero-order chi connectivity index (χ0) is 12.5. The Hall–Kier alpha value is -1.84. The Kier molecular flexibility index (Phi) is 2.78. The van der Waals surface area contributed by atoms with Crippen molar-refractivity contribution < 1.29 is 14.3 Å². The number of anilines is 1. The molecule has 1 aliphatic carbocycles. The van der Waals surface area contributed by atoms with Gasteiger partial charge in [-0.25, -0.2) is 0 Å². The van der Waals surface area contributed by atoms with Crippen LogP contribution >= 0.6 is 0 Å². The van der Waals surface area contributed by atoms with Crippen LogP contribution in [0, 0.1) is 0 Å². The first-order valence-electron chi connectivity index (χ1n) is 6.32. The standard InChI is InChI=1S/C14H15NO3/c16-10-3-5-11(7-10)18-12-4-1-9-2-6-14(17)15-13(9)8-12/h1,4,8,11H,2-3,5-7H2,(H,15,17). The molecular formula is C14H15NO3. The molecule has 4 heteroatoms. The molecule has 1 heterocycles. The van der Waals surface area contributed by atoms with Crippen molar-refractivity contribution in [2.75, 3.05) is 5.32 Å². The first-order valence-corrected chi connectivity index (χ1v) is 6.32. The SMILES string of the molecule is O=C1CCC(Oc2ccc3c(c2)NC(=O)CC3)C1. The lowest BCUT2D eigenvalue weighted by atomic mass is 10.0. The Morgan fingerprint density at radius 2 is 2.06 bits per heavy atom. The number of amides is 1. The normalized spacial score (nSPS) is 22.6. The fourth-order valence-corrected chi connectivity index (χ4v) is 2.50. The molecule has 0 saturated heterocycles. The van der Waals surface area contributed by atoms with E-state index in [1.807, 2.05) is 18.2 Å². The van der Waals surface area contributed by atoms with Crippen molar-refractivity contribution in [2.45, 2.75) is 38.2 Å². The molecule has 4 nitrogen and oxygen atoms in total. The van der Waals surface area contributed by atoms with Gasteiger partial charge in [0.05, 0.1) is 0 Å². The molecule has 1 aromatic carbocycles. The van der Waals surface area contributed by atoms with E-state index < -0.39 is 0 Å². The summed E-state index contributed by atoms with van der Waals surface area (Å²) in [6.07, 6.45) is 3.24. The Balaban J connectivity index is 1.75. The molecule has 0 radical (unpaired) electrons. The molecule has 0 aromatic heterocycles. The van der Waals surface area contributed by atoms with E-state index in [0.717, 1.165) is 29.8 Å². The first-order chi connectivity index (χ1) is 8.70. The van der Waals surface area contributed by atoms with Crippen molar-refractivity contribution >= 4 is 17.4 Å². The summed E-state index contributed by atoms with van der Waals surface area (Å²) in [5.41, 5.74) is 1.98. The maximum absolute atomic E-state index is 11.3. The number of carbonyl (C=O) groups excluding carboxylic acids is 2. The van der Waals surface area contributed by atoms with Crippen LogP contribution in [0.5, 0.6) is 5.75 Å². The minimum atomic E-state index is -0.00478. The van der Waals surface area contributed by atoms with Crippen LogP contribution in [-0.4, -0.2) is 17.8 Å². The maximum Gasteiger partial charge on any atom is 0.224 e. The van der Waals surface area contributed by atoms with E-state index in [-0.39, 0.29) is 17.8 Å². The van der Waals surface area contributed by atoms with Gasteiger partial charge in [0.15, 0.2) is 0 Å². The van der Waals surface area contributed by atoms with Gasteiger partial charge in [0.2, 0.25) is 5.91 Å². The minimum Gasteiger partial charge on any atom is -0.490 e. The number of ether oxygens (including phenoxy) is 1. The monoisotopic (exact) mass is 245 g/mol. The van der Waals surface area contributed by atoms with Crippen molar-refractivity contribution in [3.8, 4) is 5.75 Å². The zero-order valence-electron chi connectivity index (χ0n) is 10.1. The lowest BCUT2D eigenvalue weighted by Gasteiger charge is -2.19. The van der Waals surface area contributed by atoms with Crippen LogP contribution < -0.4 is 10.1 Å². The topological polar surface area (TPSA) is 55.4 Å². The fourth-order valence-electron chi connectivity index (χ4n) is 2.50. The molecular weight excluding hydrogens is 230 g/mol. The summed E-state index contributed by atoms with van der Waals surface area (Å²) in [5, 5.41) is 2.85. The van der Waals surface area contributed by atoms with Gasteiger partial charge in [0.25, 0.3) is 0 Å². The van der Waals surface area contributed by atoms with E-state index in [4.69, 9.17) is 4.74 Å². The summed E-state index contributed by atoms with van der Waals surface area (Å²) in [6, 6.07) is 5.76. The highest BCUT2D eigenvalue weighted by Gasteiger charge is 2.24. The number of benzene rings is 1. The number of ketones is 1. The van der Waals surface area contributed by atoms with E-state index in [9.17, 15) is 9.59 Å². The second kappa shape index (κ2) is 4.44. The van der Waals surface area contributed by atoms with Gasteiger partial charge < -0.3 is 10.1 Å². The quantitative estimate of drug-likeness (QED) is 0.867. The van der Waals surface area contributed by atoms with Crippen LogP contribution in [0.2, 0.25) is 0 Å². The summed E-state index contributed by atoms with van der Waals surface area (Å²) in [7, 11) is 0. The molecule has 1 fully saturated rings. The highest BCUT2D eigenvalue weighted by Crippen LogP contribution is 2.29. The molecule has 3 rings (SSSR count). The van der Waals surface area contributed by atoms with Crippen molar-refractivity contribution in [1.82, 2.24) is 0 Å². The van der Waals surface area contributed by atoms with Crippen LogP contribution in [0.25, 0.3) is 0 Å². The molecule has 2 aliphatic rings. The van der Waals surface area contributed by atoms with Gasteiger partial charge in [-0.1, -0.05) is 6.07 Å². The number of nitrogens with one attached hydrogen (secondary N) is 1. The van der Waals surface area contributed by atoms with Crippen LogP contribution in [0.4, 0.5) is 5.69 Å². The summed E-state index contributed by atoms with van der Waals surface area (Å²) in [6.45, 7) is 0. The summed E-state index contributed by atoms with van der Waals surface area (Å²) >= 11 is 0. The number of Topliss-reactive ketones (excluding diaryl/α,β-unsaturated/α-hetero) is 1. The Morgan fingerprint density at radius 3 is 2.83 bits per heavy atom. The summed E-state index contributed by atoms with van der Waals surface area (Å²) < 4.78 is 5.77. The molecule has 1 amide bonds. The van der Waals surface area contributed by atoms with Crippen LogP contribution in [-0.2, 0) is 16.0 Å². The van der Waals surface area contributed by atoms with Gasteiger partial charge in [-0.15, -0.1) is 0 Å². The summed E-state index contributed by atoms with van der Waals surface area (Å²) in [5.74, 6) is 1.05. The number of aryl methyl sites for hydroxylation is 1. The molecule has 1 saturated carbocycles. The maximum atomic E-state index is 11.3. The van der Waals surface area contributed by atoms with Crippen molar-refractivity contribution in [1.29, 1.82) is 0 Å². The lowest BCUT2D eigenvalue weighted by Crippen LogP contribution is -2.19. The second-order valence-electron chi connectivity index (χ2n) is 4.89. The van der Waals surface area contributed by atoms with E-state index in [1.165, 1.54) is 0 Å². The third kappa shape index (κ3) is 2.23. The van der Waals surface area contributed by atoms with Gasteiger partial charge in [-0.05, 0) is 24.5 Å². The number of rotatable bonds is 2. The number of carbonyl (C=O) groups is 2. The molecule has 18 heavy (non-hydrogen) atoms.